The zero-order chi connectivity index (χ0) is 9.69. The van der Waals surface area contributed by atoms with Crippen LogP contribution in [-0.2, 0) is 4.79 Å². The van der Waals surface area contributed by atoms with Gasteiger partial charge in [-0.05, 0) is 30.9 Å². The zero-order valence-electron chi connectivity index (χ0n) is 8.17. The van der Waals surface area contributed by atoms with Crippen molar-refractivity contribution in [3.05, 3.63) is 0 Å². The molecule has 1 saturated heterocycles. The molecule has 1 saturated carbocycles. The van der Waals surface area contributed by atoms with Gasteiger partial charge in [0, 0.05) is 4.75 Å². The molecule has 1 atom stereocenters. The summed E-state index contributed by atoms with van der Waals surface area (Å²) >= 11 is 1.93. The lowest BCUT2D eigenvalue weighted by Crippen LogP contribution is -2.35. The molecule has 0 aromatic rings. The number of carbonyl (C=O) groups is 1. The summed E-state index contributed by atoms with van der Waals surface area (Å²) in [5, 5.41) is 9.19. The number of carboxylic acids is 1. The van der Waals surface area contributed by atoms with Crippen LogP contribution in [0.5, 0.6) is 0 Å². The van der Waals surface area contributed by atoms with Crippen LogP contribution in [0.4, 0.5) is 0 Å². The topological polar surface area (TPSA) is 37.3 Å². The summed E-state index contributed by atoms with van der Waals surface area (Å²) in [5.74, 6) is 0.961. The first-order chi connectivity index (χ1) is 5.99. The van der Waals surface area contributed by atoms with Gasteiger partial charge < -0.3 is 5.11 Å². The molecule has 2 nitrogen and oxygen atoms in total. The first kappa shape index (κ1) is 9.38. The minimum atomic E-state index is -0.562. The van der Waals surface area contributed by atoms with E-state index in [4.69, 9.17) is 0 Å². The van der Waals surface area contributed by atoms with E-state index in [1.165, 1.54) is 0 Å². The number of aliphatic carboxylic acids is 1. The average Bonchev–Trinajstić information content (AvgIpc) is 2.72. The fourth-order valence-electron chi connectivity index (χ4n) is 2.68. The van der Waals surface area contributed by atoms with Crippen molar-refractivity contribution in [3.8, 4) is 0 Å². The molecular weight excluding hydrogens is 184 g/mol. The van der Waals surface area contributed by atoms with Crippen molar-refractivity contribution < 1.29 is 9.90 Å². The molecule has 2 fully saturated rings. The van der Waals surface area contributed by atoms with Crippen LogP contribution in [0.2, 0.25) is 0 Å². The van der Waals surface area contributed by atoms with Crippen molar-refractivity contribution >= 4 is 17.7 Å². The van der Waals surface area contributed by atoms with Gasteiger partial charge in [0.15, 0.2) is 0 Å². The summed E-state index contributed by atoms with van der Waals surface area (Å²) in [6.45, 7) is 4.39. The Hall–Kier alpha value is -0.180. The van der Waals surface area contributed by atoms with Crippen LogP contribution in [0.1, 0.15) is 33.1 Å². The van der Waals surface area contributed by atoms with Crippen LogP contribution in [0, 0.1) is 11.3 Å². The second-order valence-electron chi connectivity index (χ2n) is 4.75. The highest BCUT2D eigenvalue weighted by Crippen LogP contribution is 2.62. The highest BCUT2D eigenvalue weighted by atomic mass is 32.2. The molecule has 0 bridgehead atoms. The van der Waals surface area contributed by atoms with Gasteiger partial charge >= 0.3 is 5.97 Å². The zero-order valence-corrected chi connectivity index (χ0v) is 8.99. The van der Waals surface area contributed by atoms with Gasteiger partial charge in [0.2, 0.25) is 0 Å². The van der Waals surface area contributed by atoms with E-state index in [0.717, 1.165) is 25.0 Å². The maximum absolute atomic E-state index is 11.1. The Bertz CT molecular complexity index is 243. The maximum Gasteiger partial charge on any atom is 0.309 e. The number of carboxylic acid groups (broad SMARTS) is 1. The van der Waals surface area contributed by atoms with Gasteiger partial charge in [-0.3, -0.25) is 4.79 Å². The molecule has 0 radical (unpaired) electrons. The number of hydrogen-bond donors (Lipinski definition) is 1. The minimum absolute atomic E-state index is 0.175. The molecule has 1 aliphatic carbocycles. The van der Waals surface area contributed by atoms with Crippen LogP contribution < -0.4 is 0 Å². The lowest BCUT2D eigenvalue weighted by Gasteiger charge is -2.30. The fraction of sp³-hybridized carbons (Fsp3) is 0.900. The van der Waals surface area contributed by atoms with E-state index in [1.54, 1.807) is 0 Å². The van der Waals surface area contributed by atoms with Gasteiger partial charge in [-0.2, -0.15) is 11.8 Å². The van der Waals surface area contributed by atoms with Crippen LogP contribution in [0.15, 0.2) is 0 Å². The highest BCUT2D eigenvalue weighted by Gasteiger charge is 2.61. The molecule has 0 amide bonds. The summed E-state index contributed by atoms with van der Waals surface area (Å²) < 4.78 is 0.175. The molecule has 2 aliphatic rings. The first-order valence-corrected chi connectivity index (χ1v) is 5.85. The van der Waals surface area contributed by atoms with E-state index in [1.807, 2.05) is 11.8 Å². The van der Waals surface area contributed by atoms with Crippen LogP contribution in [0.25, 0.3) is 0 Å². The van der Waals surface area contributed by atoms with Crippen LogP contribution in [-0.4, -0.2) is 21.6 Å². The van der Waals surface area contributed by atoms with Crippen molar-refractivity contribution in [1.29, 1.82) is 0 Å². The van der Waals surface area contributed by atoms with Gasteiger partial charge in [0.25, 0.3) is 0 Å². The lowest BCUT2D eigenvalue weighted by atomic mass is 9.78. The smallest absolute Gasteiger partial charge is 0.309 e. The van der Waals surface area contributed by atoms with Gasteiger partial charge in [-0.1, -0.05) is 13.8 Å². The SMILES string of the molecule is CC1(C)SCCC1C1(C(=O)O)CC1. The Morgan fingerprint density at radius 2 is 2.08 bits per heavy atom. The second-order valence-corrected chi connectivity index (χ2v) is 6.50. The van der Waals surface area contributed by atoms with Crippen molar-refractivity contribution in [2.24, 2.45) is 11.3 Å². The van der Waals surface area contributed by atoms with Crippen LogP contribution in [0.3, 0.4) is 0 Å². The van der Waals surface area contributed by atoms with E-state index in [-0.39, 0.29) is 10.2 Å². The molecule has 2 rings (SSSR count). The fourth-order valence-corrected chi connectivity index (χ4v) is 4.10. The van der Waals surface area contributed by atoms with Crippen molar-refractivity contribution in [3.63, 3.8) is 0 Å². The summed E-state index contributed by atoms with van der Waals surface area (Å²) in [6.07, 6.45) is 2.89. The third-order valence-corrected chi connectivity index (χ3v) is 5.07. The van der Waals surface area contributed by atoms with Gasteiger partial charge in [-0.25, -0.2) is 0 Å². The van der Waals surface area contributed by atoms with E-state index in [9.17, 15) is 9.90 Å². The maximum atomic E-state index is 11.1. The van der Waals surface area contributed by atoms with Gasteiger partial charge in [0.1, 0.15) is 0 Å². The molecule has 1 heterocycles. The van der Waals surface area contributed by atoms with E-state index < -0.39 is 5.97 Å². The molecule has 0 aromatic heterocycles. The number of hydrogen-bond acceptors (Lipinski definition) is 2. The molecule has 0 aromatic carbocycles. The van der Waals surface area contributed by atoms with Crippen molar-refractivity contribution in [1.82, 2.24) is 0 Å². The van der Waals surface area contributed by atoms with Crippen molar-refractivity contribution in [2.45, 2.75) is 37.9 Å². The first-order valence-electron chi connectivity index (χ1n) is 4.86. The van der Waals surface area contributed by atoms with Gasteiger partial charge in [-0.15, -0.1) is 0 Å². The quantitative estimate of drug-likeness (QED) is 0.743. The number of thioether (sulfide) groups is 1. The summed E-state index contributed by atoms with van der Waals surface area (Å²) in [7, 11) is 0. The second kappa shape index (κ2) is 2.66. The Labute approximate surface area is 83.1 Å². The normalized spacial score (nSPS) is 34.5. The molecule has 3 heteroatoms. The molecule has 1 N–H and O–H groups in total. The third kappa shape index (κ3) is 1.28. The largest absolute Gasteiger partial charge is 0.481 e. The van der Waals surface area contributed by atoms with E-state index in [2.05, 4.69) is 13.8 Å². The third-order valence-electron chi connectivity index (χ3n) is 3.60. The summed E-state index contributed by atoms with van der Waals surface area (Å²) in [4.78, 5) is 11.1. The Morgan fingerprint density at radius 3 is 2.38 bits per heavy atom. The van der Waals surface area contributed by atoms with Crippen molar-refractivity contribution in [2.75, 3.05) is 5.75 Å². The van der Waals surface area contributed by atoms with E-state index in [0.29, 0.717) is 5.92 Å². The average molecular weight is 200 g/mol. The standard InChI is InChI=1S/C10H16O2S/c1-9(2)7(3-6-13-9)10(4-5-10)8(11)12/h7H,3-6H2,1-2H3,(H,11,12). The highest BCUT2D eigenvalue weighted by molar-refractivity contribution is 8.00. The molecule has 13 heavy (non-hydrogen) atoms. The summed E-state index contributed by atoms with van der Waals surface area (Å²) in [5.41, 5.74) is -0.340. The Morgan fingerprint density at radius 1 is 1.46 bits per heavy atom. The minimum Gasteiger partial charge on any atom is -0.481 e. The van der Waals surface area contributed by atoms with Crippen LogP contribution >= 0.6 is 11.8 Å². The monoisotopic (exact) mass is 200 g/mol. The Kier molecular flexibility index (Phi) is 1.92. The predicted molar refractivity (Wildman–Crippen MR) is 53.9 cm³/mol. The van der Waals surface area contributed by atoms with Gasteiger partial charge in [0.05, 0.1) is 5.41 Å². The molecule has 74 valence electrons. The lowest BCUT2D eigenvalue weighted by molar-refractivity contribution is -0.146. The summed E-state index contributed by atoms with van der Waals surface area (Å²) in [6, 6.07) is 0. The van der Waals surface area contributed by atoms with E-state index >= 15 is 0 Å². The molecule has 0 spiro atoms. The number of rotatable bonds is 2. The molecule has 1 unspecified atom stereocenters. The Balaban J connectivity index is 2.21. The predicted octanol–water partition coefficient (Wildman–Crippen LogP) is 2.38. The molecule has 1 aliphatic heterocycles. The molecular formula is C10H16O2S.